The lowest BCUT2D eigenvalue weighted by atomic mass is 9.97. The lowest BCUT2D eigenvalue weighted by Crippen LogP contribution is -2.65. The first kappa shape index (κ1) is 80.7. The van der Waals surface area contributed by atoms with Gasteiger partial charge in [-0.3, -0.25) is 4.79 Å². The number of amides is 1. The van der Waals surface area contributed by atoms with Crippen LogP contribution in [0.4, 0.5) is 0 Å². The average molecular weight is 1240 g/mol. The molecule has 1 amide bonds. The molecule has 12 unspecified atom stereocenters. The van der Waals surface area contributed by atoms with Crippen molar-refractivity contribution >= 4 is 5.91 Å². The zero-order chi connectivity index (χ0) is 63.8. The van der Waals surface area contributed by atoms with Crippen LogP contribution in [0.15, 0.2) is 109 Å². The third kappa shape index (κ3) is 41.2. The second kappa shape index (κ2) is 57.5. The summed E-state index contributed by atoms with van der Waals surface area (Å²) in [5.74, 6) is -0.250. The van der Waals surface area contributed by atoms with E-state index in [4.69, 9.17) is 18.9 Å². The molecule has 0 aromatic carbocycles. The van der Waals surface area contributed by atoms with E-state index < -0.39 is 86.8 Å². The van der Waals surface area contributed by atoms with Gasteiger partial charge in [-0.05, 0) is 89.9 Å². The Morgan fingerprint density at radius 1 is 0.420 bits per heavy atom. The molecule has 88 heavy (non-hydrogen) atoms. The summed E-state index contributed by atoms with van der Waals surface area (Å²) in [4.78, 5) is 13.3. The van der Waals surface area contributed by atoms with Gasteiger partial charge < -0.3 is 65.1 Å². The van der Waals surface area contributed by atoms with Gasteiger partial charge in [0.05, 0.1) is 32.0 Å². The smallest absolute Gasteiger partial charge is 0.220 e. The van der Waals surface area contributed by atoms with E-state index in [0.717, 1.165) is 77.0 Å². The highest BCUT2D eigenvalue weighted by Crippen LogP contribution is 2.30. The number of ether oxygens (including phenoxy) is 4. The van der Waals surface area contributed by atoms with Crippen LogP contribution in [0.3, 0.4) is 0 Å². The van der Waals surface area contributed by atoms with Gasteiger partial charge in [-0.25, -0.2) is 0 Å². The van der Waals surface area contributed by atoms with Gasteiger partial charge in [0.15, 0.2) is 12.6 Å². The maximum Gasteiger partial charge on any atom is 0.220 e. The number of carbonyl (C=O) groups excluding carboxylic acids is 1. The summed E-state index contributed by atoms with van der Waals surface area (Å²) in [7, 11) is 0. The van der Waals surface area contributed by atoms with E-state index in [1.54, 1.807) is 6.08 Å². The van der Waals surface area contributed by atoms with E-state index in [1.807, 2.05) is 6.08 Å². The summed E-state index contributed by atoms with van der Waals surface area (Å²) in [6.45, 7) is 2.65. The van der Waals surface area contributed by atoms with Gasteiger partial charge in [0.2, 0.25) is 5.91 Å². The summed E-state index contributed by atoms with van der Waals surface area (Å²) in [6, 6.07) is -0.934. The molecule has 9 N–H and O–H groups in total. The predicted molar refractivity (Wildman–Crippen MR) is 359 cm³/mol. The van der Waals surface area contributed by atoms with Crippen LogP contribution < -0.4 is 5.32 Å². The van der Waals surface area contributed by atoms with Crippen LogP contribution in [-0.4, -0.2) is 140 Å². The van der Waals surface area contributed by atoms with Gasteiger partial charge in [0.1, 0.15) is 48.8 Å². The van der Waals surface area contributed by atoms with E-state index >= 15 is 0 Å². The van der Waals surface area contributed by atoms with Crippen molar-refractivity contribution < 1.29 is 64.6 Å². The zero-order valence-corrected chi connectivity index (χ0v) is 54.9. The molecular formula is C74H127NO13. The second-order valence-electron chi connectivity index (χ2n) is 24.3. The third-order valence-corrected chi connectivity index (χ3v) is 16.4. The molecule has 0 aromatic rings. The van der Waals surface area contributed by atoms with Crippen LogP contribution in [0.5, 0.6) is 0 Å². The van der Waals surface area contributed by atoms with E-state index in [-0.39, 0.29) is 18.9 Å². The van der Waals surface area contributed by atoms with Crippen molar-refractivity contribution in [1.29, 1.82) is 0 Å². The molecule has 14 nitrogen and oxygen atoms in total. The summed E-state index contributed by atoms with van der Waals surface area (Å²) >= 11 is 0. The SMILES string of the molecule is CC/C=C\C/C=C\C/C=C\C/C=C\C/C=C\C/C=C\C/C=C\CCCCCCCCCCCCCCCCCCCCCC(=O)NC(COC1OC(CO)C(OC2OC(CO)C(O)C(O)C2O)C(O)C1O)C(O)/C=C/CC/C=C/CCCCCCCCC. The molecule has 0 bridgehead atoms. The van der Waals surface area contributed by atoms with Crippen LogP contribution in [0.25, 0.3) is 0 Å². The number of hydrogen-bond donors (Lipinski definition) is 9. The fourth-order valence-electron chi connectivity index (χ4n) is 10.9. The van der Waals surface area contributed by atoms with Crippen molar-refractivity contribution in [3.8, 4) is 0 Å². The lowest BCUT2D eigenvalue weighted by Gasteiger charge is -2.46. The Labute approximate surface area is 534 Å². The number of carbonyl (C=O) groups is 1. The topological polar surface area (TPSA) is 228 Å². The normalized spacial score (nSPS) is 23.8. The van der Waals surface area contributed by atoms with Gasteiger partial charge in [-0.15, -0.1) is 0 Å². The maximum atomic E-state index is 13.3. The number of hydrogen-bond acceptors (Lipinski definition) is 13. The molecule has 12 atom stereocenters. The monoisotopic (exact) mass is 1240 g/mol. The van der Waals surface area contributed by atoms with E-state index in [1.165, 1.54) is 148 Å². The first-order valence-corrected chi connectivity index (χ1v) is 35.1. The van der Waals surface area contributed by atoms with Crippen molar-refractivity contribution in [3.63, 3.8) is 0 Å². The summed E-state index contributed by atoms with van der Waals surface area (Å²) in [6.07, 6.45) is 66.0. The van der Waals surface area contributed by atoms with Gasteiger partial charge in [0.25, 0.3) is 0 Å². The Bertz CT molecular complexity index is 1890. The number of unbranched alkanes of at least 4 members (excludes halogenated alkanes) is 27. The number of nitrogens with one attached hydrogen (secondary N) is 1. The largest absolute Gasteiger partial charge is 0.394 e. The van der Waals surface area contributed by atoms with E-state index in [0.29, 0.717) is 12.8 Å². The number of rotatable bonds is 56. The number of aliphatic hydroxyl groups is 8. The standard InChI is InChI=1S/C74H127NO13/c1-3-5-7-9-11-13-15-17-18-19-20-21-22-23-24-25-26-27-28-29-30-31-32-33-34-35-36-37-38-39-40-41-42-43-44-46-48-50-52-54-56-58-66(79)75-62(63(78)57-55-53-51-49-47-45-16-14-12-10-8-6-4-2)61-85-73-71(84)69(82)72(65(60-77)87-73)88-74-70(83)68(81)67(80)64(59-76)86-74/h5,7,11,13,17-18,20-21,23-24,26-27,29-30,47,49,55,57,62-65,67-74,76-78,80-84H,3-4,6,8-10,12,14-16,19,22,25,28,31-46,48,50-54,56,58-61H2,1-2H3,(H,75,79)/b7-5-,13-11-,18-17-,21-20-,24-23-,27-26-,30-29-,49-47+,57-55+. The van der Waals surface area contributed by atoms with Gasteiger partial charge >= 0.3 is 0 Å². The summed E-state index contributed by atoms with van der Waals surface area (Å²) in [5.41, 5.74) is 0. The molecule has 2 saturated heterocycles. The molecule has 0 spiro atoms. The number of allylic oxidation sites excluding steroid dienone is 17. The van der Waals surface area contributed by atoms with Gasteiger partial charge in [-0.2, -0.15) is 0 Å². The van der Waals surface area contributed by atoms with Crippen molar-refractivity contribution in [3.05, 3.63) is 109 Å². The predicted octanol–water partition coefficient (Wildman–Crippen LogP) is 14.3. The maximum absolute atomic E-state index is 13.3. The molecule has 2 rings (SSSR count). The minimum absolute atomic E-state index is 0.250. The van der Waals surface area contributed by atoms with Crippen LogP contribution >= 0.6 is 0 Å². The highest BCUT2D eigenvalue weighted by Gasteiger charge is 2.51. The molecule has 0 radical (unpaired) electrons. The number of aliphatic hydroxyl groups excluding tert-OH is 8. The first-order valence-electron chi connectivity index (χ1n) is 35.1. The average Bonchev–Trinajstić information content (AvgIpc) is 2.45. The van der Waals surface area contributed by atoms with Crippen molar-refractivity contribution in [1.82, 2.24) is 5.32 Å². The first-order chi connectivity index (χ1) is 43.1. The molecule has 506 valence electrons. The second-order valence-corrected chi connectivity index (χ2v) is 24.3. The van der Waals surface area contributed by atoms with E-state index in [2.05, 4.69) is 116 Å². The highest BCUT2D eigenvalue weighted by molar-refractivity contribution is 5.76. The minimum atomic E-state index is -1.79. The van der Waals surface area contributed by atoms with Gasteiger partial charge in [0, 0.05) is 6.42 Å². The lowest BCUT2D eigenvalue weighted by molar-refractivity contribution is -0.359. The summed E-state index contributed by atoms with van der Waals surface area (Å²) in [5, 5.41) is 87.2. The van der Waals surface area contributed by atoms with Crippen LogP contribution in [0.2, 0.25) is 0 Å². The van der Waals surface area contributed by atoms with Crippen LogP contribution in [0, 0.1) is 0 Å². The molecule has 0 saturated carbocycles. The van der Waals surface area contributed by atoms with Gasteiger partial charge in [-0.1, -0.05) is 271 Å². The molecule has 2 fully saturated rings. The van der Waals surface area contributed by atoms with Crippen molar-refractivity contribution in [2.24, 2.45) is 0 Å². The quantitative estimate of drug-likeness (QED) is 0.0204. The highest BCUT2D eigenvalue weighted by atomic mass is 16.7. The fraction of sp³-hybridized carbons (Fsp3) is 0.743. The van der Waals surface area contributed by atoms with Crippen LogP contribution in [0.1, 0.15) is 258 Å². The minimum Gasteiger partial charge on any atom is -0.394 e. The van der Waals surface area contributed by atoms with E-state index in [9.17, 15) is 45.6 Å². The molecular weight excluding hydrogens is 1110 g/mol. The molecule has 2 heterocycles. The summed E-state index contributed by atoms with van der Waals surface area (Å²) < 4.78 is 22.8. The fourth-order valence-corrected chi connectivity index (χ4v) is 10.9. The Kier molecular flexibility index (Phi) is 52.8. The molecule has 0 aliphatic carbocycles. The van der Waals surface area contributed by atoms with Crippen molar-refractivity contribution in [2.45, 2.75) is 331 Å². The van der Waals surface area contributed by atoms with Crippen molar-refractivity contribution in [2.75, 3.05) is 19.8 Å². The van der Waals surface area contributed by atoms with Crippen LogP contribution in [-0.2, 0) is 23.7 Å². The molecule has 2 aliphatic heterocycles. The molecule has 14 heteroatoms. The Balaban J connectivity index is 1.56. The zero-order valence-electron chi connectivity index (χ0n) is 54.9. The third-order valence-electron chi connectivity index (χ3n) is 16.4. The Morgan fingerprint density at radius 3 is 1.25 bits per heavy atom. The Morgan fingerprint density at radius 2 is 0.795 bits per heavy atom. The molecule has 2 aliphatic rings. The Hall–Kier alpha value is -3.35. The molecule has 0 aromatic heterocycles.